The molecule has 0 aromatic heterocycles. The van der Waals surface area contributed by atoms with Crippen LogP contribution in [0.25, 0.3) is 0 Å². The fraction of sp³-hybridized carbons (Fsp3) is 0.772. The Hall–Kier alpha value is -8.71. The van der Waals surface area contributed by atoms with Gasteiger partial charge in [0.1, 0.15) is 60.0 Å². The van der Waals surface area contributed by atoms with E-state index >= 15 is 0 Å². The molecule has 0 spiro atoms. The molecule has 0 radical (unpaired) electrons. The number of hydrogen-bond acceptors (Lipinski definition) is 27. The zero-order valence-corrected chi connectivity index (χ0v) is 75.0. The molecule has 41 heteroatoms. The first-order valence-corrected chi connectivity index (χ1v) is 41.0. The highest BCUT2D eigenvalue weighted by Gasteiger charge is 2.19. The highest BCUT2D eigenvalue weighted by molar-refractivity contribution is 7.98. The largest absolute Gasteiger partial charge is 0.481 e. The Labute approximate surface area is 713 Å². The van der Waals surface area contributed by atoms with Gasteiger partial charge in [0, 0.05) is 65.8 Å². The highest BCUT2D eigenvalue weighted by atomic mass is 32.2. The SMILES string of the molecule is CC(=O)CCCCC(=O)O.CC(=O)CCCCCCCCC(=O)O.CC(=O)NCCC[C@H](N)C(=O)O.CC(C)CC(O)C(=O)O.CC(C)CCC(=O)O.CC(C)C[C@H](N)C(=O)O.CCC(=O)CC(=O)O.CCC(C)C(=O)C(=O)O.CCC(C)CC(=O)O.CCC(N)C(=O)O.CCCC[C@H](N)C(=O)O.CSCC[C@H](N)C(=O)O.C[C@@H](O)[C@H](N)C(=O)O.[HH]. The molecule has 10 atom stereocenters. The van der Waals surface area contributed by atoms with Gasteiger partial charge in [-0.15, -0.1) is 0 Å². The van der Waals surface area contributed by atoms with Crippen LogP contribution in [-0.2, 0) is 86.3 Å². The Morgan fingerprint density at radius 3 is 0.942 bits per heavy atom. The predicted molar refractivity (Wildman–Crippen MR) is 456 cm³/mol. The number of amides is 1. The fourth-order valence-corrected chi connectivity index (χ4v) is 7.20. The van der Waals surface area contributed by atoms with E-state index in [1.54, 1.807) is 46.4 Å². The number of thioether (sulfide) groups is 1. The second-order valence-electron chi connectivity index (χ2n) is 28.3. The quantitative estimate of drug-likeness (QED) is 0.0156. The first-order valence-electron chi connectivity index (χ1n) is 39.6. The van der Waals surface area contributed by atoms with Crippen LogP contribution in [0.4, 0.5) is 0 Å². The summed E-state index contributed by atoms with van der Waals surface area (Å²) in [7, 11) is 0. The van der Waals surface area contributed by atoms with Crippen molar-refractivity contribution in [1.82, 2.24) is 5.32 Å². The normalized spacial score (nSPS) is 12.2. The average molecular weight is 1770 g/mol. The van der Waals surface area contributed by atoms with Crippen LogP contribution in [-0.4, -0.2) is 250 Å². The summed E-state index contributed by atoms with van der Waals surface area (Å²) in [5.41, 5.74) is 30.8. The maximum Gasteiger partial charge on any atom is 0.372 e. The number of carbonyl (C=O) groups excluding carboxylic acids is 5. The van der Waals surface area contributed by atoms with E-state index in [0.717, 1.165) is 70.0 Å². The molecule has 0 rings (SSSR count). The molecule has 0 saturated carbocycles. The van der Waals surface area contributed by atoms with Crippen molar-refractivity contribution in [2.75, 3.05) is 18.6 Å². The zero-order valence-electron chi connectivity index (χ0n) is 74.1. The molecule has 28 N–H and O–H groups in total. The minimum absolute atomic E-state index is 0. The topological polar surface area (TPSA) is 779 Å². The Morgan fingerprint density at radius 2 is 0.742 bits per heavy atom. The third kappa shape index (κ3) is 147. The first kappa shape index (κ1) is 140. The number of aliphatic hydroxyl groups excluding tert-OH is 2. The number of ketones is 4. The monoisotopic (exact) mass is 1760 g/mol. The summed E-state index contributed by atoms with van der Waals surface area (Å²) in [4.78, 5) is 182. The summed E-state index contributed by atoms with van der Waals surface area (Å²) in [6.07, 6.45) is 17.1. The highest BCUT2D eigenvalue weighted by Crippen LogP contribution is 2.10. The Bertz CT molecular complexity index is 2670. The van der Waals surface area contributed by atoms with Crippen molar-refractivity contribution in [3.63, 3.8) is 0 Å². The number of Topliss-reactive ketones (excluding diaryl/α,β-unsaturated/α-hetero) is 4. The minimum Gasteiger partial charge on any atom is -0.481 e. The number of nitrogens with two attached hydrogens (primary N) is 6. The van der Waals surface area contributed by atoms with Crippen molar-refractivity contribution >= 4 is 118 Å². The number of hydrogen-bond donors (Lipinski definition) is 22. The molecule has 0 bridgehead atoms. The van der Waals surface area contributed by atoms with E-state index in [4.69, 9.17) is 111 Å². The molecule has 0 aliphatic rings. The van der Waals surface area contributed by atoms with Crippen LogP contribution in [0.3, 0.4) is 0 Å². The first-order chi connectivity index (χ1) is 55.0. The maximum absolute atomic E-state index is 10.6. The summed E-state index contributed by atoms with van der Waals surface area (Å²) in [5.74, 6) is -11.0. The van der Waals surface area contributed by atoms with E-state index in [1.807, 2.05) is 68.6 Å². The summed E-state index contributed by atoms with van der Waals surface area (Å²) in [6.45, 7) is 30.7. The molecular formula is C79H157N7O33S. The number of carbonyl (C=O) groups is 18. The van der Waals surface area contributed by atoms with Crippen LogP contribution in [0.5, 0.6) is 0 Å². The summed E-state index contributed by atoms with van der Waals surface area (Å²) in [5, 5.41) is 126. The lowest BCUT2D eigenvalue weighted by Crippen LogP contribution is -2.39. The fourth-order valence-electron chi connectivity index (χ4n) is 6.71. The summed E-state index contributed by atoms with van der Waals surface area (Å²) >= 11 is 1.60. The van der Waals surface area contributed by atoms with Gasteiger partial charge in [-0.1, -0.05) is 135 Å². The molecule has 0 fully saturated rings. The van der Waals surface area contributed by atoms with Gasteiger partial charge in [-0.05, 0) is 140 Å². The summed E-state index contributed by atoms with van der Waals surface area (Å²) in [6, 6.07) is -4.69. The molecule has 712 valence electrons. The number of nitrogens with one attached hydrogen (secondary N) is 1. The standard InChI is InChI=1S/C11H20O3.C7H14N2O3.C7H12O3.2C6H13NO2.C6H12O3.C6H10O3.2C6H12O2.C5H11NO2S.C5H8O3.C4H9NO3.C4H9NO2.H2/c1-10(12)8-6-4-2-3-5-7-9-11(13)14;1-5(10)9-4-2-3-6(8)7(11)12;1-6(8)4-2-3-5-7(9)10;1-4(2)3-5(7)6(8)9;1-2-3-4-5(7)6(8)9;1-4(2)3-5(7)6(8)9;1-3-4(2)5(7)6(8)9;1-5(2)3-4-6(7)8;1-3-5(2)4-6(7)8;1-9-3-2-4(6)5(7)8;1-2-4(6)3-5(7)8;1-2(6)3(5)4(7)8;1-2-3(5)4(6)7;/h2-9H2,1H3,(H,13,14);6H,2-4,8H2,1H3,(H,9,10)(H,11,12);2-5H2,1H3,(H,9,10);4-5H,3,7H2,1-2H3,(H,8,9);5H,2-4,7H2,1H3,(H,8,9);4-5,7H,3H2,1-2H3,(H,8,9);4H,3H2,1-2H3,(H,8,9);2*5H,3-4H2,1-2H3,(H,7,8);4H,2-3,6H2,1H3,(H,7,8);2-3H2,1H3,(H,7,8);2-3,6H,5H2,1H3,(H,7,8);3H,2,5H2,1H3,(H,6,7);1H/t;6-;;2*5-;;;;;4-;;2-,3+;;/m.0.00....0.1../s1. The maximum atomic E-state index is 10.6. The van der Waals surface area contributed by atoms with Crippen molar-refractivity contribution in [3.05, 3.63) is 0 Å². The Kier molecular flexibility index (Phi) is 114. The molecule has 4 unspecified atom stereocenters. The van der Waals surface area contributed by atoms with Gasteiger partial charge in [0.15, 0.2) is 6.10 Å². The van der Waals surface area contributed by atoms with E-state index < -0.39 is 132 Å². The van der Waals surface area contributed by atoms with Gasteiger partial charge in [0.05, 0.1) is 6.10 Å². The number of unbranched alkanes of at least 4 members (excludes halogenated alkanes) is 7. The molecule has 0 aromatic rings. The Balaban J connectivity index is -0.0000000857. The van der Waals surface area contributed by atoms with E-state index in [-0.39, 0.29) is 55.8 Å². The molecule has 40 nitrogen and oxygen atoms in total. The lowest BCUT2D eigenvalue weighted by atomic mass is 10.0. The molecule has 0 aliphatic carbocycles. The number of carboxylic acids is 13. The van der Waals surface area contributed by atoms with Crippen molar-refractivity contribution in [2.45, 2.75) is 346 Å². The van der Waals surface area contributed by atoms with Gasteiger partial charge < -0.3 is 126 Å². The molecule has 1 amide bonds. The smallest absolute Gasteiger partial charge is 0.372 e. The zero-order chi connectivity index (χ0) is 97.5. The predicted octanol–water partition coefficient (Wildman–Crippen LogP) is 7.95. The average Bonchev–Trinajstić information content (AvgIpc) is 0.971. The molecular weight excluding hydrogens is 1610 g/mol. The van der Waals surface area contributed by atoms with Crippen LogP contribution < -0.4 is 39.7 Å². The molecule has 0 saturated heterocycles. The van der Waals surface area contributed by atoms with Crippen LogP contribution >= 0.6 is 11.8 Å². The van der Waals surface area contributed by atoms with Gasteiger partial charge in [-0.3, -0.25) is 67.1 Å². The third-order valence-corrected chi connectivity index (χ3v) is 15.3. The number of aliphatic hydroxyl groups is 2. The molecule has 0 heterocycles. The van der Waals surface area contributed by atoms with Crippen LogP contribution in [0.1, 0.15) is 299 Å². The lowest BCUT2D eigenvalue weighted by molar-refractivity contribution is -0.150. The van der Waals surface area contributed by atoms with Gasteiger partial charge in [0.2, 0.25) is 11.7 Å². The number of carboxylic acid groups (broad SMARTS) is 13. The van der Waals surface area contributed by atoms with Crippen molar-refractivity contribution in [2.24, 2.45) is 64.0 Å². The second-order valence-corrected chi connectivity index (χ2v) is 29.3. The van der Waals surface area contributed by atoms with Crippen LogP contribution in [0.2, 0.25) is 0 Å². The van der Waals surface area contributed by atoms with Crippen molar-refractivity contribution in [3.8, 4) is 0 Å². The second kappa shape index (κ2) is 97.4. The van der Waals surface area contributed by atoms with Crippen molar-refractivity contribution in [1.29, 1.82) is 0 Å². The molecule has 120 heavy (non-hydrogen) atoms. The van der Waals surface area contributed by atoms with Gasteiger partial charge in [-0.25, -0.2) is 9.59 Å². The van der Waals surface area contributed by atoms with E-state index in [0.29, 0.717) is 121 Å². The Morgan fingerprint density at radius 1 is 0.375 bits per heavy atom. The lowest BCUT2D eigenvalue weighted by Gasteiger charge is -2.07. The summed E-state index contributed by atoms with van der Waals surface area (Å²) < 4.78 is 0. The van der Waals surface area contributed by atoms with E-state index in [9.17, 15) is 86.3 Å². The number of rotatable bonds is 49. The number of aliphatic carboxylic acids is 13. The van der Waals surface area contributed by atoms with E-state index in [2.05, 4.69) is 5.32 Å². The van der Waals surface area contributed by atoms with E-state index in [1.165, 1.54) is 20.8 Å². The third-order valence-electron chi connectivity index (χ3n) is 14.6. The van der Waals surface area contributed by atoms with Crippen LogP contribution in [0, 0.1) is 29.6 Å². The molecule has 0 aromatic carbocycles. The van der Waals surface area contributed by atoms with Gasteiger partial charge >= 0.3 is 77.6 Å². The van der Waals surface area contributed by atoms with Gasteiger partial charge in [0.25, 0.3) is 0 Å². The van der Waals surface area contributed by atoms with Gasteiger partial charge in [-0.2, -0.15) is 11.8 Å². The minimum atomic E-state index is -1.33. The van der Waals surface area contributed by atoms with Crippen LogP contribution in [0.15, 0.2) is 0 Å². The van der Waals surface area contributed by atoms with Crippen molar-refractivity contribution < 1.29 is 164 Å². The molecule has 0 aliphatic heterocycles.